The van der Waals surface area contributed by atoms with Crippen LogP contribution in [-0.4, -0.2) is 43.3 Å². The second kappa shape index (κ2) is 10.7. The van der Waals surface area contributed by atoms with Crippen LogP contribution in [0.4, 0.5) is 5.82 Å². The summed E-state index contributed by atoms with van der Waals surface area (Å²) >= 11 is 0. The van der Waals surface area contributed by atoms with Crippen LogP contribution < -0.4 is 16.0 Å². The molecule has 0 amide bonds. The Hall–Kier alpha value is -1.09. The van der Waals surface area contributed by atoms with Gasteiger partial charge in [0.15, 0.2) is 5.96 Å². The second-order valence-corrected chi connectivity index (χ2v) is 6.46. The number of hydrogen-bond acceptors (Lipinski definition) is 4. The lowest BCUT2D eigenvalue weighted by Gasteiger charge is -2.32. The van der Waals surface area contributed by atoms with E-state index in [4.69, 9.17) is 10.5 Å². The molecule has 1 unspecified atom stereocenters. The van der Waals surface area contributed by atoms with Gasteiger partial charge in [-0.3, -0.25) is 0 Å². The highest BCUT2D eigenvalue weighted by atomic mass is 127. The molecule has 1 aliphatic rings. The molecule has 7 heteroatoms. The molecule has 0 aliphatic carbocycles. The van der Waals surface area contributed by atoms with E-state index in [1.807, 2.05) is 12.3 Å². The molecule has 0 bridgehead atoms. The molecule has 1 aromatic heterocycles. The largest absolute Gasteiger partial charge is 0.375 e. The molecule has 0 aromatic carbocycles. The van der Waals surface area contributed by atoms with Crippen LogP contribution in [0.25, 0.3) is 0 Å². The van der Waals surface area contributed by atoms with Crippen molar-refractivity contribution >= 4 is 35.8 Å². The summed E-state index contributed by atoms with van der Waals surface area (Å²) in [6.07, 6.45) is 3.22. The van der Waals surface area contributed by atoms with Crippen molar-refractivity contribution in [2.24, 2.45) is 16.6 Å². The number of pyridine rings is 1. The number of ether oxygens (including phenoxy) is 1. The van der Waals surface area contributed by atoms with Gasteiger partial charge in [-0.1, -0.05) is 19.9 Å². The van der Waals surface area contributed by atoms with Crippen molar-refractivity contribution in [2.45, 2.75) is 39.8 Å². The monoisotopic (exact) mass is 447 g/mol. The molecule has 2 heterocycles. The number of aromatic nitrogens is 1. The normalized spacial score (nSPS) is 18.4. The Kier molecular flexibility index (Phi) is 9.35. The lowest BCUT2D eigenvalue weighted by Crippen LogP contribution is -2.41. The predicted octanol–water partition coefficient (Wildman–Crippen LogP) is 2.38. The van der Waals surface area contributed by atoms with Crippen LogP contribution in [-0.2, 0) is 11.3 Å². The first-order valence-corrected chi connectivity index (χ1v) is 8.40. The van der Waals surface area contributed by atoms with Crippen LogP contribution in [0.2, 0.25) is 0 Å². The molecule has 1 fully saturated rings. The van der Waals surface area contributed by atoms with Gasteiger partial charge in [0.2, 0.25) is 0 Å². The van der Waals surface area contributed by atoms with Gasteiger partial charge in [-0.15, -0.1) is 24.0 Å². The Bertz CT molecular complexity index is 506. The fraction of sp³-hybridized carbons (Fsp3) is 0.647. The highest BCUT2D eigenvalue weighted by Crippen LogP contribution is 2.15. The van der Waals surface area contributed by atoms with Gasteiger partial charge in [-0.25, -0.2) is 9.98 Å². The smallest absolute Gasteiger partial charge is 0.188 e. The lowest BCUT2D eigenvalue weighted by atomic mass is 10.1. The Morgan fingerprint density at radius 1 is 1.50 bits per heavy atom. The van der Waals surface area contributed by atoms with Crippen LogP contribution in [0.15, 0.2) is 23.3 Å². The molecule has 1 saturated heterocycles. The van der Waals surface area contributed by atoms with Crippen LogP contribution in [0.5, 0.6) is 0 Å². The number of nitrogens with zero attached hydrogens (tertiary/aromatic N) is 3. The number of hydrogen-bond donors (Lipinski definition) is 2. The van der Waals surface area contributed by atoms with Gasteiger partial charge in [0.25, 0.3) is 0 Å². The molecule has 2 rings (SSSR count). The average molecular weight is 447 g/mol. The van der Waals surface area contributed by atoms with Crippen molar-refractivity contribution < 1.29 is 4.74 Å². The van der Waals surface area contributed by atoms with Crippen molar-refractivity contribution in [1.29, 1.82) is 0 Å². The fourth-order valence-corrected chi connectivity index (χ4v) is 2.45. The Morgan fingerprint density at radius 3 is 2.92 bits per heavy atom. The molecular formula is C17H30IN5O. The molecule has 0 spiro atoms. The van der Waals surface area contributed by atoms with E-state index in [9.17, 15) is 0 Å². The maximum atomic E-state index is 5.87. The summed E-state index contributed by atoms with van der Waals surface area (Å²) in [4.78, 5) is 11.1. The van der Waals surface area contributed by atoms with E-state index in [1.54, 1.807) is 0 Å². The van der Waals surface area contributed by atoms with Crippen LogP contribution >= 0.6 is 24.0 Å². The number of nitrogens with one attached hydrogen (secondary N) is 1. The molecule has 1 aliphatic heterocycles. The first-order valence-electron chi connectivity index (χ1n) is 8.40. The van der Waals surface area contributed by atoms with E-state index in [0.717, 1.165) is 44.0 Å². The topological polar surface area (TPSA) is 75.8 Å². The van der Waals surface area contributed by atoms with Gasteiger partial charge in [-0.2, -0.15) is 0 Å². The zero-order valence-electron chi connectivity index (χ0n) is 14.9. The minimum Gasteiger partial charge on any atom is -0.375 e. The molecule has 3 N–H and O–H groups in total. The van der Waals surface area contributed by atoms with E-state index in [0.29, 0.717) is 18.4 Å². The molecule has 24 heavy (non-hydrogen) atoms. The van der Waals surface area contributed by atoms with Crippen LogP contribution in [0, 0.1) is 5.92 Å². The number of halogens is 1. The third-order valence-electron chi connectivity index (χ3n) is 3.83. The zero-order valence-corrected chi connectivity index (χ0v) is 17.2. The lowest BCUT2D eigenvalue weighted by molar-refractivity contribution is 0.0529. The summed E-state index contributed by atoms with van der Waals surface area (Å²) in [5, 5.41) is 3.14. The quantitative estimate of drug-likeness (QED) is 0.398. The van der Waals surface area contributed by atoms with Gasteiger partial charge in [0.05, 0.1) is 19.3 Å². The van der Waals surface area contributed by atoms with Gasteiger partial charge >= 0.3 is 0 Å². The molecule has 0 saturated carbocycles. The van der Waals surface area contributed by atoms with E-state index >= 15 is 0 Å². The fourth-order valence-electron chi connectivity index (χ4n) is 2.45. The van der Waals surface area contributed by atoms with Crippen molar-refractivity contribution in [3.05, 3.63) is 23.9 Å². The summed E-state index contributed by atoms with van der Waals surface area (Å²) in [6, 6.07) is 4.11. The van der Waals surface area contributed by atoms with Crippen LogP contribution in [0.1, 0.15) is 32.8 Å². The molecule has 1 aromatic rings. The Morgan fingerprint density at radius 2 is 2.29 bits per heavy atom. The number of rotatable bonds is 6. The minimum absolute atomic E-state index is 0. The molecule has 136 valence electrons. The number of aliphatic imine (C=N–C) groups is 1. The van der Waals surface area contributed by atoms with Crippen LogP contribution in [0.3, 0.4) is 0 Å². The highest BCUT2D eigenvalue weighted by molar-refractivity contribution is 14.0. The van der Waals surface area contributed by atoms with E-state index in [2.05, 4.69) is 47.0 Å². The van der Waals surface area contributed by atoms with Crippen molar-refractivity contribution in [3.63, 3.8) is 0 Å². The highest BCUT2D eigenvalue weighted by Gasteiger charge is 2.17. The molecule has 0 radical (unpaired) electrons. The SMILES string of the molecule is CC(C)CCNC(N)=NCc1ccc(N2CCOC(C)C2)nc1.I. The molecular weight excluding hydrogens is 417 g/mol. The Balaban J connectivity index is 0.00000288. The number of nitrogens with two attached hydrogens (primary N) is 1. The van der Waals surface area contributed by atoms with Gasteiger partial charge in [0.1, 0.15) is 5.82 Å². The second-order valence-electron chi connectivity index (χ2n) is 6.46. The standard InChI is InChI=1S/C17H29N5O.HI/c1-13(2)6-7-19-17(18)21-11-15-4-5-16(20-10-15)22-8-9-23-14(3)12-22;/h4-5,10,13-14H,6-9,11-12H2,1-3H3,(H3,18,19,21);1H. The summed E-state index contributed by atoms with van der Waals surface area (Å²) in [7, 11) is 0. The predicted molar refractivity (Wildman–Crippen MR) is 110 cm³/mol. The van der Waals surface area contributed by atoms with E-state index in [-0.39, 0.29) is 30.1 Å². The maximum Gasteiger partial charge on any atom is 0.188 e. The van der Waals surface area contributed by atoms with Gasteiger partial charge < -0.3 is 20.7 Å². The Labute approximate surface area is 162 Å². The van der Waals surface area contributed by atoms with Crippen molar-refractivity contribution in [2.75, 3.05) is 31.1 Å². The first-order chi connectivity index (χ1) is 11.0. The summed E-state index contributed by atoms with van der Waals surface area (Å²) in [6.45, 7) is 10.4. The van der Waals surface area contributed by atoms with Gasteiger partial charge in [-0.05, 0) is 30.9 Å². The maximum absolute atomic E-state index is 5.87. The summed E-state index contributed by atoms with van der Waals surface area (Å²) in [5.41, 5.74) is 6.93. The van der Waals surface area contributed by atoms with E-state index < -0.39 is 0 Å². The average Bonchev–Trinajstić information content (AvgIpc) is 2.53. The third-order valence-corrected chi connectivity index (χ3v) is 3.83. The minimum atomic E-state index is 0. The third kappa shape index (κ3) is 7.21. The first kappa shape index (κ1) is 21.0. The molecule has 6 nitrogen and oxygen atoms in total. The van der Waals surface area contributed by atoms with Crippen molar-refractivity contribution in [1.82, 2.24) is 10.3 Å². The zero-order chi connectivity index (χ0) is 16.7. The number of guanidine groups is 1. The number of morpholine rings is 1. The molecule has 1 atom stereocenters. The van der Waals surface area contributed by atoms with E-state index in [1.165, 1.54) is 0 Å². The van der Waals surface area contributed by atoms with Crippen molar-refractivity contribution in [3.8, 4) is 0 Å². The number of anilines is 1. The summed E-state index contributed by atoms with van der Waals surface area (Å²) < 4.78 is 5.56. The van der Waals surface area contributed by atoms with Gasteiger partial charge in [0, 0.05) is 25.8 Å². The summed E-state index contributed by atoms with van der Waals surface area (Å²) in [5.74, 6) is 2.16.